The highest BCUT2D eigenvalue weighted by atomic mass is 15.3. The topological polar surface area (TPSA) is 36.1 Å². The van der Waals surface area contributed by atoms with Crippen molar-refractivity contribution in [3.8, 4) is 22.3 Å². The summed E-state index contributed by atoms with van der Waals surface area (Å²) in [4.78, 5) is 0. The molecule has 0 spiro atoms. The second-order valence-corrected chi connectivity index (χ2v) is 10.8. The molecule has 220 valence electrons. The molecule has 4 aromatic rings. The first-order valence-corrected chi connectivity index (χ1v) is 15.3. The van der Waals surface area contributed by atoms with Crippen molar-refractivity contribution in [3.63, 3.8) is 0 Å². The summed E-state index contributed by atoms with van der Waals surface area (Å²) >= 11 is 0. The van der Waals surface area contributed by atoms with Gasteiger partial charge in [-0.2, -0.15) is 0 Å². The minimum Gasteiger partial charge on any atom is -0.358 e. The summed E-state index contributed by atoms with van der Waals surface area (Å²) in [6, 6.07) is 37.0. The standard InChI is InChI=1S/C41H41N3/c1-4-5-7-13-31(2)39-18-10-11-19-41(39)44-38-26-24-35(25-27-38)40(28-29-43-42-3)37-17-12-16-36(30-37)34-22-20-33(21-23-34)32-14-8-6-9-15-32/h4-10,12-18,20-30,40,42-44H,2,11,19H2,1,3H3/b5-4-,13-7-,29-28-. The van der Waals surface area contributed by atoms with Crippen LogP contribution in [0.25, 0.3) is 22.3 Å². The van der Waals surface area contributed by atoms with E-state index in [9.17, 15) is 0 Å². The molecule has 0 heterocycles. The Kier molecular flexibility index (Phi) is 10.6. The molecule has 1 aliphatic carbocycles. The van der Waals surface area contributed by atoms with Gasteiger partial charge in [-0.3, -0.25) is 0 Å². The van der Waals surface area contributed by atoms with Crippen molar-refractivity contribution in [2.45, 2.75) is 25.7 Å². The maximum absolute atomic E-state index is 4.31. The van der Waals surface area contributed by atoms with E-state index in [4.69, 9.17) is 0 Å². The van der Waals surface area contributed by atoms with Crippen molar-refractivity contribution in [1.29, 1.82) is 0 Å². The van der Waals surface area contributed by atoms with Crippen LogP contribution in [0.5, 0.6) is 0 Å². The quantitative estimate of drug-likeness (QED) is 0.116. The second-order valence-electron chi connectivity index (χ2n) is 10.8. The average Bonchev–Trinajstić information content (AvgIpc) is 3.08. The van der Waals surface area contributed by atoms with Gasteiger partial charge in [0.05, 0.1) is 0 Å². The minimum absolute atomic E-state index is 0.0809. The lowest BCUT2D eigenvalue weighted by molar-refractivity contribution is 0.726. The van der Waals surface area contributed by atoms with Crippen LogP contribution in [0, 0.1) is 0 Å². The summed E-state index contributed by atoms with van der Waals surface area (Å²) in [6.07, 6.45) is 18.7. The molecule has 0 fully saturated rings. The molecule has 3 N–H and O–H groups in total. The van der Waals surface area contributed by atoms with Crippen LogP contribution in [0.2, 0.25) is 0 Å². The fourth-order valence-corrected chi connectivity index (χ4v) is 5.46. The molecule has 4 aromatic carbocycles. The minimum atomic E-state index is 0.0809. The first-order chi connectivity index (χ1) is 21.7. The monoisotopic (exact) mass is 575 g/mol. The summed E-state index contributed by atoms with van der Waals surface area (Å²) in [5.74, 6) is 0.0809. The summed E-state index contributed by atoms with van der Waals surface area (Å²) < 4.78 is 0. The number of hydrogen-bond acceptors (Lipinski definition) is 3. The Morgan fingerprint density at radius 3 is 2.20 bits per heavy atom. The highest BCUT2D eigenvalue weighted by molar-refractivity contribution is 5.71. The fourth-order valence-electron chi connectivity index (χ4n) is 5.46. The van der Waals surface area contributed by atoms with Gasteiger partial charge in [0.1, 0.15) is 0 Å². The molecular formula is C41H41N3. The van der Waals surface area contributed by atoms with E-state index >= 15 is 0 Å². The van der Waals surface area contributed by atoms with E-state index in [1.165, 1.54) is 39.1 Å². The second kappa shape index (κ2) is 15.4. The van der Waals surface area contributed by atoms with Crippen LogP contribution in [-0.4, -0.2) is 7.05 Å². The zero-order valence-corrected chi connectivity index (χ0v) is 25.6. The van der Waals surface area contributed by atoms with Gasteiger partial charge in [0.25, 0.3) is 0 Å². The number of hydrazine groups is 1. The molecule has 3 nitrogen and oxygen atoms in total. The molecule has 1 unspecified atom stereocenters. The normalized spacial score (nSPS) is 14.0. The highest BCUT2D eigenvalue weighted by Gasteiger charge is 2.14. The number of rotatable bonds is 12. The molecular weight excluding hydrogens is 534 g/mol. The molecule has 1 aliphatic rings. The Morgan fingerprint density at radius 1 is 0.773 bits per heavy atom. The van der Waals surface area contributed by atoms with E-state index in [0.29, 0.717) is 0 Å². The van der Waals surface area contributed by atoms with Crippen molar-refractivity contribution < 1.29 is 0 Å². The van der Waals surface area contributed by atoms with Gasteiger partial charge < -0.3 is 10.7 Å². The molecule has 0 radical (unpaired) electrons. The van der Waals surface area contributed by atoms with Crippen molar-refractivity contribution >= 4 is 5.69 Å². The first kappa shape index (κ1) is 30.3. The summed E-state index contributed by atoms with van der Waals surface area (Å²) in [7, 11) is 1.87. The molecule has 0 bridgehead atoms. The van der Waals surface area contributed by atoms with Crippen LogP contribution in [0.15, 0.2) is 175 Å². The first-order valence-electron chi connectivity index (χ1n) is 15.3. The molecule has 1 atom stereocenters. The number of hydrogen-bond donors (Lipinski definition) is 3. The third kappa shape index (κ3) is 7.83. The number of allylic oxidation sites excluding steroid dienone is 10. The average molecular weight is 576 g/mol. The fraction of sp³-hybridized carbons (Fsp3) is 0.122. The van der Waals surface area contributed by atoms with E-state index in [0.717, 1.165) is 29.7 Å². The van der Waals surface area contributed by atoms with Gasteiger partial charge in [-0.1, -0.05) is 140 Å². The largest absolute Gasteiger partial charge is 0.358 e. The van der Waals surface area contributed by atoms with Gasteiger partial charge in [-0.25, -0.2) is 5.43 Å². The lowest BCUT2D eigenvalue weighted by Gasteiger charge is -2.20. The Balaban J connectivity index is 1.39. The highest BCUT2D eigenvalue weighted by Crippen LogP contribution is 2.32. The third-order valence-electron chi connectivity index (χ3n) is 7.77. The molecule has 0 amide bonds. The van der Waals surface area contributed by atoms with Crippen molar-refractivity contribution in [2.24, 2.45) is 0 Å². The molecule has 3 heteroatoms. The Bertz CT molecular complexity index is 1690. The summed E-state index contributed by atoms with van der Waals surface area (Å²) in [5, 5.41) is 3.68. The molecule has 0 aromatic heterocycles. The van der Waals surface area contributed by atoms with Crippen LogP contribution in [0.3, 0.4) is 0 Å². The van der Waals surface area contributed by atoms with Gasteiger partial charge in [0.15, 0.2) is 0 Å². The van der Waals surface area contributed by atoms with Crippen LogP contribution in [-0.2, 0) is 0 Å². The van der Waals surface area contributed by atoms with Crippen molar-refractivity contribution in [2.75, 3.05) is 12.4 Å². The van der Waals surface area contributed by atoms with Gasteiger partial charge in [-0.15, -0.1) is 0 Å². The molecule has 5 rings (SSSR count). The molecule has 0 saturated carbocycles. The summed E-state index contributed by atoms with van der Waals surface area (Å²) in [6.45, 7) is 6.32. The SMILES string of the molecule is C=C(/C=C\C=C/C)C1=C(Nc2ccc(C(/C=C\NNC)c3cccc(-c4ccc(-c5ccccc5)cc4)c3)cc2)CCC=C1. The maximum atomic E-state index is 4.31. The zero-order valence-electron chi connectivity index (χ0n) is 25.6. The van der Waals surface area contributed by atoms with Crippen LogP contribution >= 0.6 is 0 Å². The van der Waals surface area contributed by atoms with Gasteiger partial charge in [-0.05, 0) is 70.9 Å². The summed E-state index contributed by atoms with van der Waals surface area (Å²) in [5.41, 5.74) is 17.9. The van der Waals surface area contributed by atoms with Crippen molar-refractivity contribution in [1.82, 2.24) is 10.9 Å². The van der Waals surface area contributed by atoms with E-state index < -0.39 is 0 Å². The third-order valence-corrected chi connectivity index (χ3v) is 7.77. The van der Waals surface area contributed by atoms with Crippen LogP contribution in [0.1, 0.15) is 36.8 Å². The molecule has 0 saturated heterocycles. The lowest BCUT2D eigenvalue weighted by atomic mass is 9.89. The smallest absolute Gasteiger partial charge is 0.0382 e. The van der Waals surface area contributed by atoms with Gasteiger partial charge in [0.2, 0.25) is 0 Å². The number of anilines is 1. The molecule has 44 heavy (non-hydrogen) atoms. The number of benzene rings is 4. The predicted octanol–water partition coefficient (Wildman–Crippen LogP) is 10.1. The van der Waals surface area contributed by atoms with Crippen LogP contribution < -0.4 is 16.2 Å². The van der Waals surface area contributed by atoms with Crippen LogP contribution in [0.4, 0.5) is 5.69 Å². The zero-order chi connectivity index (χ0) is 30.6. The maximum Gasteiger partial charge on any atom is 0.0382 e. The Morgan fingerprint density at radius 2 is 1.48 bits per heavy atom. The van der Waals surface area contributed by atoms with E-state index in [2.05, 4.69) is 150 Å². The van der Waals surface area contributed by atoms with E-state index in [1.54, 1.807) is 0 Å². The van der Waals surface area contributed by atoms with Gasteiger partial charge in [0, 0.05) is 36.1 Å². The molecule has 0 aliphatic heterocycles. The Hall–Kier alpha value is -5.12. The predicted molar refractivity (Wildman–Crippen MR) is 189 cm³/mol. The van der Waals surface area contributed by atoms with Gasteiger partial charge >= 0.3 is 0 Å². The van der Waals surface area contributed by atoms with E-state index in [-0.39, 0.29) is 5.92 Å². The van der Waals surface area contributed by atoms with E-state index in [1.807, 2.05) is 38.4 Å². The Labute approximate surface area is 262 Å². The van der Waals surface area contributed by atoms with Crippen molar-refractivity contribution in [3.05, 3.63) is 186 Å². The number of nitrogens with one attached hydrogen (secondary N) is 3. The lowest BCUT2D eigenvalue weighted by Crippen LogP contribution is -2.21.